The first-order valence-electron chi connectivity index (χ1n) is 6.13. The van der Waals surface area contributed by atoms with Gasteiger partial charge in [-0.05, 0) is 23.8 Å². The standard InChI is InChI=1S/C17H14O3/c18-14(11-10-13-6-2-1-3-7-13)12-17(20)15-8-4-5-9-16(15)19/h1-12,19-20H/b11-10+,17-12-. The van der Waals surface area contributed by atoms with Crippen molar-refractivity contribution in [3.05, 3.63) is 77.9 Å². The maximum Gasteiger partial charge on any atom is 0.182 e. The Balaban J connectivity index is 2.13. The highest BCUT2D eigenvalue weighted by Gasteiger charge is 2.05. The van der Waals surface area contributed by atoms with Gasteiger partial charge in [0.25, 0.3) is 0 Å². The van der Waals surface area contributed by atoms with Gasteiger partial charge >= 0.3 is 0 Å². The summed E-state index contributed by atoms with van der Waals surface area (Å²) in [5, 5.41) is 19.4. The molecule has 0 saturated carbocycles. The number of benzene rings is 2. The number of para-hydroxylation sites is 1. The fourth-order valence-electron chi connectivity index (χ4n) is 1.69. The number of phenolic OH excluding ortho intramolecular Hbond substituents is 1. The van der Waals surface area contributed by atoms with E-state index in [1.165, 1.54) is 18.2 Å². The summed E-state index contributed by atoms with van der Waals surface area (Å²) in [6.45, 7) is 0. The van der Waals surface area contributed by atoms with Crippen molar-refractivity contribution in [1.29, 1.82) is 0 Å². The van der Waals surface area contributed by atoms with Crippen molar-refractivity contribution in [1.82, 2.24) is 0 Å². The summed E-state index contributed by atoms with van der Waals surface area (Å²) in [4.78, 5) is 11.7. The van der Waals surface area contributed by atoms with Crippen molar-refractivity contribution in [2.45, 2.75) is 0 Å². The molecule has 0 spiro atoms. The van der Waals surface area contributed by atoms with E-state index in [-0.39, 0.29) is 22.9 Å². The summed E-state index contributed by atoms with van der Waals surface area (Å²) in [6, 6.07) is 15.7. The van der Waals surface area contributed by atoms with Crippen molar-refractivity contribution in [2.75, 3.05) is 0 Å². The minimum absolute atomic E-state index is 0.0684. The molecular weight excluding hydrogens is 252 g/mol. The molecule has 0 aliphatic heterocycles. The molecule has 2 N–H and O–H groups in total. The van der Waals surface area contributed by atoms with E-state index in [0.717, 1.165) is 11.6 Å². The summed E-state index contributed by atoms with van der Waals surface area (Å²) in [7, 11) is 0. The van der Waals surface area contributed by atoms with Crippen LogP contribution in [0, 0.1) is 0 Å². The number of aliphatic hydroxyl groups is 1. The third-order valence-electron chi connectivity index (χ3n) is 2.70. The molecule has 0 saturated heterocycles. The number of hydrogen-bond donors (Lipinski definition) is 2. The van der Waals surface area contributed by atoms with E-state index >= 15 is 0 Å². The molecular formula is C17H14O3. The summed E-state index contributed by atoms with van der Waals surface area (Å²) in [5.41, 5.74) is 1.13. The van der Waals surface area contributed by atoms with Gasteiger partial charge in [-0.25, -0.2) is 0 Å². The van der Waals surface area contributed by atoms with Gasteiger partial charge in [-0.1, -0.05) is 48.5 Å². The zero-order valence-electron chi connectivity index (χ0n) is 10.7. The second-order valence-electron chi connectivity index (χ2n) is 4.19. The molecule has 0 heterocycles. The molecule has 0 unspecified atom stereocenters. The maximum atomic E-state index is 11.7. The Morgan fingerprint density at radius 1 is 0.950 bits per heavy atom. The zero-order chi connectivity index (χ0) is 14.4. The Morgan fingerprint density at radius 3 is 2.30 bits per heavy atom. The van der Waals surface area contributed by atoms with Crippen LogP contribution >= 0.6 is 0 Å². The molecule has 0 bridgehead atoms. The van der Waals surface area contributed by atoms with E-state index in [2.05, 4.69) is 0 Å². The quantitative estimate of drug-likeness (QED) is 0.657. The Morgan fingerprint density at radius 2 is 1.60 bits per heavy atom. The largest absolute Gasteiger partial charge is 0.507 e. The zero-order valence-corrected chi connectivity index (χ0v) is 10.7. The highest BCUT2D eigenvalue weighted by Crippen LogP contribution is 2.22. The monoisotopic (exact) mass is 266 g/mol. The van der Waals surface area contributed by atoms with Gasteiger partial charge in [0, 0.05) is 6.08 Å². The van der Waals surface area contributed by atoms with Crippen LogP contribution in [-0.2, 0) is 4.79 Å². The number of carbonyl (C=O) groups is 1. The second-order valence-corrected chi connectivity index (χ2v) is 4.19. The minimum atomic E-state index is -0.352. The number of phenols is 1. The third-order valence-corrected chi connectivity index (χ3v) is 2.70. The Hall–Kier alpha value is -2.81. The molecule has 0 aromatic heterocycles. The molecule has 3 nitrogen and oxygen atoms in total. The normalized spacial score (nSPS) is 11.7. The number of allylic oxidation sites excluding steroid dienone is 2. The van der Waals surface area contributed by atoms with Crippen LogP contribution in [-0.4, -0.2) is 16.0 Å². The lowest BCUT2D eigenvalue weighted by molar-refractivity contribution is -0.110. The highest BCUT2D eigenvalue weighted by molar-refractivity contribution is 6.05. The number of rotatable bonds is 4. The Bertz CT molecular complexity index is 655. The molecule has 0 aliphatic carbocycles. The van der Waals surface area contributed by atoms with Crippen LogP contribution < -0.4 is 0 Å². The SMILES string of the molecule is O=C(/C=C(\O)c1ccccc1O)/C=C/c1ccccc1. The molecule has 2 rings (SSSR count). The van der Waals surface area contributed by atoms with E-state index < -0.39 is 0 Å². The van der Waals surface area contributed by atoms with Crippen LogP contribution in [0.2, 0.25) is 0 Å². The number of aliphatic hydroxyl groups excluding tert-OH is 1. The van der Waals surface area contributed by atoms with Crippen molar-refractivity contribution in [2.24, 2.45) is 0 Å². The van der Waals surface area contributed by atoms with Crippen LogP contribution in [0.25, 0.3) is 11.8 Å². The van der Waals surface area contributed by atoms with Crippen molar-refractivity contribution >= 4 is 17.6 Å². The van der Waals surface area contributed by atoms with E-state index in [1.807, 2.05) is 30.3 Å². The predicted octanol–water partition coefficient (Wildman–Crippen LogP) is 3.57. The van der Waals surface area contributed by atoms with Crippen LogP contribution in [0.15, 0.2) is 66.7 Å². The fraction of sp³-hybridized carbons (Fsp3) is 0. The molecule has 20 heavy (non-hydrogen) atoms. The van der Waals surface area contributed by atoms with E-state index in [4.69, 9.17) is 0 Å². The van der Waals surface area contributed by atoms with Crippen LogP contribution in [0.5, 0.6) is 5.75 Å². The number of aromatic hydroxyl groups is 1. The lowest BCUT2D eigenvalue weighted by Crippen LogP contribution is -1.91. The predicted molar refractivity (Wildman–Crippen MR) is 79.2 cm³/mol. The topological polar surface area (TPSA) is 57.5 Å². The molecule has 2 aromatic carbocycles. The highest BCUT2D eigenvalue weighted by atomic mass is 16.3. The summed E-state index contributed by atoms with van der Waals surface area (Å²) in [6.07, 6.45) is 4.11. The second kappa shape index (κ2) is 6.38. The molecule has 100 valence electrons. The van der Waals surface area contributed by atoms with Gasteiger partial charge in [0.15, 0.2) is 5.78 Å². The van der Waals surface area contributed by atoms with Crippen LogP contribution in [0.4, 0.5) is 0 Å². The smallest absolute Gasteiger partial charge is 0.182 e. The van der Waals surface area contributed by atoms with Gasteiger partial charge < -0.3 is 10.2 Å². The minimum Gasteiger partial charge on any atom is -0.507 e. The summed E-state index contributed by atoms with van der Waals surface area (Å²) >= 11 is 0. The molecule has 0 radical (unpaired) electrons. The summed E-state index contributed by atoms with van der Waals surface area (Å²) in [5.74, 6) is -0.679. The lowest BCUT2D eigenvalue weighted by atomic mass is 10.1. The van der Waals surface area contributed by atoms with E-state index in [0.29, 0.717) is 0 Å². The number of ketones is 1. The maximum absolute atomic E-state index is 11.7. The fourth-order valence-corrected chi connectivity index (χ4v) is 1.69. The first kappa shape index (κ1) is 13.6. The molecule has 2 aromatic rings. The van der Waals surface area contributed by atoms with Gasteiger partial charge in [0.1, 0.15) is 11.5 Å². The molecule has 0 atom stereocenters. The van der Waals surface area contributed by atoms with Gasteiger partial charge in [-0.2, -0.15) is 0 Å². The van der Waals surface area contributed by atoms with Gasteiger partial charge in [0.05, 0.1) is 5.56 Å². The van der Waals surface area contributed by atoms with E-state index in [1.54, 1.807) is 18.2 Å². The first-order valence-corrected chi connectivity index (χ1v) is 6.13. The van der Waals surface area contributed by atoms with Crippen molar-refractivity contribution < 1.29 is 15.0 Å². The van der Waals surface area contributed by atoms with Crippen LogP contribution in [0.3, 0.4) is 0 Å². The Kier molecular flexibility index (Phi) is 4.35. The van der Waals surface area contributed by atoms with E-state index in [9.17, 15) is 15.0 Å². The molecule has 3 heteroatoms. The molecule has 0 fully saturated rings. The Labute approximate surface area is 117 Å². The van der Waals surface area contributed by atoms with Crippen molar-refractivity contribution in [3.63, 3.8) is 0 Å². The lowest BCUT2D eigenvalue weighted by Gasteiger charge is -2.01. The third kappa shape index (κ3) is 3.59. The first-order chi connectivity index (χ1) is 9.66. The molecule has 0 aliphatic rings. The molecule has 0 amide bonds. The number of carbonyl (C=O) groups excluding carboxylic acids is 1. The number of hydrogen-bond acceptors (Lipinski definition) is 3. The van der Waals surface area contributed by atoms with Gasteiger partial charge in [-0.3, -0.25) is 4.79 Å². The van der Waals surface area contributed by atoms with Crippen molar-refractivity contribution in [3.8, 4) is 5.75 Å². The van der Waals surface area contributed by atoms with Gasteiger partial charge in [0.2, 0.25) is 0 Å². The average molecular weight is 266 g/mol. The van der Waals surface area contributed by atoms with Crippen LogP contribution in [0.1, 0.15) is 11.1 Å². The summed E-state index contributed by atoms with van der Waals surface area (Å²) < 4.78 is 0. The average Bonchev–Trinajstić information content (AvgIpc) is 2.46. The van der Waals surface area contributed by atoms with Gasteiger partial charge in [-0.15, -0.1) is 0 Å².